The first kappa shape index (κ1) is 21.4. The van der Waals surface area contributed by atoms with Gasteiger partial charge in [-0.15, -0.1) is 0 Å². The molecule has 0 unspecified atom stereocenters. The number of alkyl halides is 2. The standard InChI is InChI=1S/C21H22F2N2O5/c1-24(13-14-9-10-17(29-20(22)23)18(12-14)28-2)19(26)8-5-11-25-15-6-3-4-7-16(15)30-21(25)27/h3-4,6-7,9-10,12,20H,5,8,11,13H2,1-2H3. The minimum Gasteiger partial charge on any atom is -0.493 e. The Bertz CT molecular complexity index is 1080. The van der Waals surface area contributed by atoms with Crippen molar-refractivity contribution in [1.82, 2.24) is 9.47 Å². The van der Waals surface area contributed by atoms with Crippen molar-refractivity contribution in [3.8, 4) is 11.5 Å². The number of amides is 1. The fourth-order valence-corrected chi connectivity index (χ4v) is 3.17. The molecule has 0 aliphatic carbocycles. The summed E-state index contributed by atoms with van der Waals surface area (Å²) in [5.74, 6) is -0.458. The quantitative estimate of drug-likeness (QED) is 0.528. The molecule has 1 amide bonds. The fraction of sp³-hybridized carbons (Fsp3) is 0.333. The number of oxazole rings is 1. The highest BCUT2D eigenvalue weighted by molar-refractivity contribution is 5.76. The van der Waals surface area contributed by atoms with Crippen LogP contribution in [0.25, 0.3) is 11.1 Å². The Morgan fingerprint density at radius 3 is 2.70 bits per heavy atom. The van der Waals surface area contributed by atoms with Gasteiger partial charge in [0.25, 0.3) is 0 Å². The average molecular weight is 420 g/mol. The lowest BCUT2D eigenvalue weighted by Crippen LogP contribution is -2.26. The highest BCUT2D eigenvalue weighted by Gasteiger charge is 2.15. The van der Waals surface area contributed by atoms with E-state index in [4.69, 9.17) is 9.15 Å². The van der Waals surface area contributed by atoms with Crippen molar-refractivity contribution in [2.45, 2.75) is 32.5 Å². The van der Waals surface area contributed by atoms with Gasteiger partial charge in [0.15, 0.2) is 17.1 Å². The number of benzene rings is 2. The van der Waals surface area contributed by atoms with Gasteiger partial charge in [0.1, 0.15) is 0 Å². The Balaban J connectivity index is 1.57. The number of rotatable bonds is 9. The second kappa shape index (κ2) is 9.43. The van der Waals surface area contributed by atoms with E-state index in [1.165, 1.54) is 22.6 Å². The van der Waals surface area contributed by atoms with E-state index in [9.17, 15) is 18.4 Å². The maximum absolute atomic E-state index is 12.5. The van der Waals surface area contributed by atoms with Gasteiger partial charge >= 0.3 is 12.4 Å². The normalized spacial score (nSPS) is 11.1. The number of halogens is 2. The van der Waals surface area contributed by atoms with Crippen molar-refractivity contribution in [2.24, 2.45) is 0 Å². The Morgan fingerprint density at radius 1 is 1.20 bits per heavy atom. The van der Waals surface area contributed by atoms with E-state index in [-0.39, 0.29) is 30.4 Å². The maximum atomic E-state index is 12.5. The Morgan fingerprint density at radius 2 is 1.97 bits per heavy atom. The van der Waals surface area contributed by atoms with Crippen LogP contribution >= 0.6 is 0 Å². The first-order valence-electron chi connectivity index (χ1n) is 9.33. The monoisotopic (exact) mass is 420 g/mol. The van der Waals surface area contributed by atoms with Gasteiger partial charge in [-0.1, -0.05) is 18.2 Å². The average Bonchev–Trinajstić information content (AvgIpc) is 3.03. The molecule has 160 valence electrons. The van der Waals surface area contributed by atoms with Crippen LogP contribution in [0.15, 0.2) is 51.7 Å². The van der Waals surface area contributed by atoms with Crippen LogP contribution in [-0.4, -0.2) is 36.1 Å². The van der Waals surface area contributed by atoms with Gasteiger partial charge in [0, 0.05) is 26.6 Å². The van der Waals surface area contributed by atoms with Gasteiger partial charge < -0.3 is 18.8 Å². The molecule has 0 radical (unpaired) electrons. The molecule has 9 heteroatoms. The lowest BCUT2D eigenvalue weighted by atomic mass is 10.1. The van der Waals surface area contributed by atoms with Crippen LogP contribution in [0, 0.1) is 0 Å². The number of para-hydroxylation sites is 2. The molecule has 0 saturated heterocycles. The number of hydrogen-bond donors (Lipinski definition) is 0. The number of aryl methyl sites for hydroxylation is 1. The molecule has 0 aliphatic rings. The second-order valence-electron chi connectivity index (χ2n) is 6.70. The van der Waals surface area contributed by atoms with Gasteiger partial charge in [-0.2, -0.15) is 8.78 Å². The summed E-state index contributed by atoms with van der Waals surface area (Å²) < 4.78 is 41.0. The molecular formula is C21H22F2N2O5. The smallest absolute Gasteiger partial charge is 0.419 e. The van der Waals surface area contributed by atoms with Crippen LogP contribution in [0.5, 0.6) is 11.5 Å². The van der Waals surface area contributed by atoms with E-state index >= 15 is 0 Å². The number of methoxy groups -OCH3 is 1. The van der Waals surface area contributed by atoms with Gasteiger partial charge in [-0.05, 0) is 36.2 Å². The zero-order chi connectivity index (χ0) is 21.7. The van der Waals surface area contributed by atoms with Gasteiger partial charge in [0.05, 0.1) is 12.6 Å². The van der Waals surface area contributed by atoms with Crippen molar-refractivity contribution in [3.05, 3.63) is 58.6 Å². The highest BCUT2D eigenvalue weighted by atomic mass is 19.3. The molecule has 30 heavy (non-hydrogen) atoms. The third kappa shape index (κ3) is 4.97. The predicted molar refractivity (Wildman–Crippen MR) is 106 cm³/mol. The minimum absolute atomic E-state index is 0.0667. The Hall–Kier alpha value is -3.36. The molecule has 3 aromatic rings. The summed E-state index contributed by atoms with van der Waals surface area (Å²) in [6, 6.07) is 11.7. The Labute approximate surface area is 171 Å². The van der Waals surface area contributed by atoms with E-state index in [1.807, 2.05) is 6.07 Å². The lowest BCUT2D eigenvalue weighted by Gasteiger charge is -2.18. The fourth-order valence-electron chi connectivity index (χ4n) is 3.17. The molecule has 0 atom stereocenters. The molecule has 0 bridgehead atoms. The summed E-state index contributed by atoms with van der Waals surface area (Å²) >= 11 is 0. The number of aromatic nitrogens is 1. The zero-order valence-corrected chi connectivity index (χ0v) is 16.6. The van der Waals surface area contributed by atoms with Crippen LogP contribution in [0.1, 0.15) is 18.4 Å². The summed E-state index contributed by atoms with van der Waals surface area (Å²) in [4.78, 5) is 26.0. The Kier molecular flexibility index (Phi) is 6.71. The molecule has 0 saturated carbocycles. The van der Waals surface area contributed by atoms with E-state index < -0.39 is 12.4 Å². The second-order valence-corrected chi connectivity index (χ2v) is 6.70. The van der Waals surface area contributed by atoms with E-state index in [0.29, 0.717) is 29.6 Å². The van der Waals surface area contributed by atoms with Gasteiger partial charge in [0.2, 0.25) is 5.91 Å². The summed E-state index contributed by atoms with van der Waals surface area (Å²) in [5.41, 5.74) is 1.92. The molecule has 7 nitrogen and oxygen atoms in total. The SMILES string of the molecule is COc1cc(CN(C)C(=O)CCCn2c(=O)oc3ccccc32)ccc1OC(F)F. The van der Waals surface area contributed by atoms with Crippen LogP contribution in [0.4, 0.5) is 8.78 Å². The molecule has 0 N–H and O–H groups in total. The van der Waals surface area contributed by atoms with Crippen LogP contribution < -0.4 is 15.2 Å². The number of carbonyl (C=O) groups excluding carboxylic acids is 1. The summed E-state index contributed by atoms with van der Waals surface area (Å²) in [7, 11) is 3.01. The number of nitrogens with zero attached hydrogens (tertiary/aromatic N) is 2. The third-order valence-corrected chi connectivity index (χ3v) is 4.64. The molecule has 0 fully saturated rings. The lowest BCUT2D eigenvalue weighted by molar-refractivity contribution is -0.130. The molecule has 0 spiro atoms. The molecule has 3 rings (SSSR count). The minimum atomic E-state index is -2.95. The molecule has 1 heterocycles. The van der Waals surface area contributed by atoms with Crippen LogP contribution in [0.3, 0.4) is 0 Å². The number of carbonyl (C=O) groups is 1. The predicted octanol–water partition coefficient (Wildman–Crippen LogP) is 3.64. The molecule has 1 aromatic heterocycles. The first-order valence-corrected chi connectivity index (χ1v) is 9.33. The number of ether oxygens (including phenoxy) is 2. The van der Waals surface area contributed by atoms with Gasteiger partial charge in [-0.3, -0.25) is 9.36 Å². The van der Waals surface area contributed by atoms with E-state index in [2.05, 4.69) is 4.74 Å². The van der Waals surface area contributed by atoms with Crippen molar-refractivity contribution in [3.63, 3.8) is 0 Å². The van der Waals surface area contributed by atoms with E-state index in [0.717, 1.165) is 0 Å². The summed E-state index contributed by atoms with van der Waals surface area (Å²) in [6.07, 6.45) is 0.712. The largest absolute Gasteiger partial charge is 0.493 e. The molecular weight excluding hydrogens is 398 g/mol. The molecule has 0 aliphatic heterocycles. The number of hydrogen-bond acceptors (Lipinski definition) is 5. The third-order valence-electron chi connectivity index (χ3n) is 4.64. The van der Waals surface area contributed by atoms with Crippen molar-refractivity contribution < 1.29 is 27.5 Å². The first-order chi connectivity index (χ1) is 14.4. The molecule has 2 aromatic carbocycles. The van der Waals surface area contributed by atoms with Crippen molar-refractivity contribution >= 4 is 17.0 Å². The van der Waals surface area contributed by atoms with Gasteiger partial charge in [-0.25, -0.2) is 4.79 Å². The van der Waals surface area contributed by atoms with Crippen molar-refractivity contribution in [1.29, 1.82) is 0 Å². The topological polar surface area (TPSA) is 73.9 Å². The van der Waals surface area contributed by atoms with Crippen LogP contribution in [0.2, 0.25) is 0 Å². The maximum Gasteiger partial charge on any atom is 0.419 e. The van der Waals surface area contributed by atoms with E-state index in [1.54, 1.807) is 37.4 Å². The summed E-state index contributed by atoms with van der Waals surface area (Å²) in [5, 5.41) is 0. The number of fused-ring (bicyclic) bond motifs is 1. The van der Waals surface area contributed by atoms with Crippen LogP contribution in [-0.2, 0) is 17.9 Å². The summed E-state index contributed by atoms with van der Waals surface area (Å²) in [6.45, 7) is -2.31. The zero-order valence-electron chi connectivity index (χ0n) is 16.6. The highest BCUT2D eigenvalue weighted by Crippen LogP contribution is 2.29. The van der Waals surface area contributed by atoms with Crippen molar-refractivity contribution in [2.75, 3.05) is 14.2 Å².